The van der Waals surface area contributed by atoms with E-state index in [4.69, 9.17) is 19.4 Å². The Kier molecular flexibility index (Phi) is 6.73. The Hall–Kier alpha value is -6.12. The molecule has 12 rings (SSSR count). The van der Waals surface area contributed by atoms with Crippen molar-refractivity contribution in [2.45, 2.75) is 43.9 Å². The average molecular weight is 685 g/mol. The van der Waals surface area contributed by atoms with Gasteiger partial charge in [-0.05, 0) is 113 Å². The van der Waals surface area contributed by atoms with E-state index in [0.29, 0.717) is 28.5 Å². The lowest BCUT2D eigenvalue weighted by molar-refractivity contribution is -0.00518. The van der Waals surface area contributed by atoms with E-state index in [0.717, 1.165) is 78.3 Å². The van der Waals surface area contributed by atoms with Gasteiger partial charge in [-0.2, -0.15) is 5.26 Å². The van der Waals surface area contributed by atoms with Crippen LogP contribution in [0.15, 0.2) is 132 Å². The maximum absolute atomic E-state index is 10.4. The number of nitrogens with zero attached hydrogens (tertiary/aromatic N) is 4. The van der Waals surface area contributed by atoms with Gasteiger partial charge in [0.2, 0.25) is 0 Å². The van der Waals surface area contributed by atoms with Gasteiger partial charge >= 0.3 is 0 Å². The second-order valence-electron chi connectivity index (χ2n) is 15.8. The molecule has 8 aromatic rings. The summed E-state index contributed by atoms with van der Waals surface area (Å²) in [6.07, 6.45) is 8.40. The first-order valence-electron chi connectivity index (χ1n) is 18.9. The van der Waals surface area contributed by atoms with Crippen LogP contribution in [-0.2, 0) is 5.41 Å². The molecule has 2 heterocycles. The summed E-state index contributed by atoms with van der Waals surface area (Å²) in [5.41, 5.74) is 8.71. The van der Waals surface area contributed by atoms with E-state index in [1.165, 1.54) is 44.1 Å². The molecule has 0 spiro atoms. The smallest absolute Gasteiger partial charge is 0.167 e. The van der Waals surface area contributed by atoms with Crippen LogP contribution in [-0.4, -0.2) is 15.0 Å². The standard InChI is InChI=1S/C48H36N4O/c49-28-32-23-41-36(33-16-18-35(19-17-33)48-25-29-20-30(26-48)22-31(21-29)27-48)11-6-12-37(41)42(24-32)47-51-45(34-8-2-1-3-9-34)50-46(52-47)40-14-7-13-39-38-10-4-5-15-43(38)53-44(39)40/h1-19,23-24,29-31H,20-22,25-27H2/t29-,30-,31-,48?. The molecule has 0 atom stereocenters. The van der Waals surface area contributed by atoms with Crippen molar-refractivity contribution in [2.75, 3.05) is 0 Å². The number of aromatic nitrogens is 3. The molecule has 4 aliphatic carbocycles. The molecular formula is C48H36N4O. The highest BCUT2D eigenvalue weighted by molar-refractivity contribution is 6.09. The second kappa shape index (κ2) is 11.7. The normalized spacial score (nSPS) is 21.8. The van der Waals surface area contributed by atoms with Crippen molar-refractivity contribution in [3.63, 3.8) is 0 Å². The molecule has 6 aromatic carbocycles. The molecule has 0 N–H and O–H groups in total. The summed E-state index contributed by atoms with van der Waals surface area (Å²) in [5.74, 6) is 4.32. The van der Waals surface area contributed by atoms with Gasteiger partial charge in [-0.15, -0.1) is 0 Å². The van der Waals surface area contributed by atoms with E-state index in [1.807, 2.05) is 72.8 Å². The molecule has 254 valence electrons. The predicted molar refractivity (Wildman–Crippen MR) is 211 cm³/mol. The van der Waals surface area contributed by atoms with Crippen LogP contribution in [0.2, 0.25) is 0 Å². The van der Waals surface area contributed by atoms with E-state index in [-0.39, 0.29) is 0 Å². The summed E-state index contributed by atoms with van der Waals surface area (Å²) in [5, 5.41) is 14.4. The summed E-state index contributed by atoms with van der Waals surface area (Å²) >= 11 is 0. The van der Waals surface area contributed by atoms with Crippen molar-refractivity contribution in [2.24, 2.45) is 17.8 Å². The topological polar surface area (TPSA) is 75.6 Å². The van der Waals surface area contributed by atoms with E-state index in [9.17, 15) is 5.26 Å². The second-order valence-corrected chi connectivity index (χ2v) is 15.8. The highest BCUT2D eigenvalue weighted by Crippen LogP contribution is 2.60. The third kappa shape index (κ3) is 4.93. The zero-order chi connectivity index (χ0) is 35.1. The molecule has 4 bridgehead atoms. The van der Waals surface area contributed by atoms with E-state index < -0.39 is 0 Å². The number of furan rings is 1. The molecule has 5 nitrogen and oxygen atoms in total. The molecular weight excluding hydrogens is 649 g/mol. The summed E-state index contributed by atoms with van der Waals surface area (Å²) in [6, 6.07) is 46.4. The fourth-order valence-electron chi connectivity index (χ4n) is 10.6. The lowest BCUT2D eigenvalue weighted by atomic mass is 9.48. The molecule has 5 heteroatoms. The minimum Gasteiger partial charge on any atom is -0.455 e. The fourth-order valence-corrected chi connectivity index (χ4v) is 10.6. The Morgan fingerprint density at radius 3 is 1.89 bits per heavy atom. The van der Waals surface area contributed by atoms with Crippen molar-refractivity contribution < 1.29 is 4.42 Å². The van der Waals surface area contributed by atoms with Crippen LogP contribution in [0.4, 0.5) is 0 Å². The molecule has 4 saturated carbocycles. The first-order chi connectivity index (χ1) is 26.1. The zero-order valence-electron chi connectivity index (χ0n) is 29.3. The number of fused-ring (bicyclic) bond motifs is 4. The van der Waals surface area contributed by atoms with E-state index in [1.54, 1.807) is 0 Å². The van der Waals surface area contributed by atoms with Crippen LogP contribution in [0.25, 0.3) is 78.0 Å². The van der Waals surface area contributed by atoms with Crippen LogP contribution in [0.5, 0.6) is 0 Å². The highest BCUT2D eigenvalue weighted by Gasteiger charge is 2.51. The van der Waals surface area contributed by atoms with Gasteiger partial charge in [-0.3, -0.25) is 0 Å². The van der Waals surface area contributed by atoms with Crippen LogP contribution in [0, 0.1) is 29.1 Å². The monoisotopic (exact) mass is 684 g/mol. The van der Waals surface area contributed by atoms with Crippen molar-refractivity contribution in [1.29, 1.82) is 5.26 Å². The van der Waals surface area contributed by atoms with Gasteiger partial charge in [0.1, 0.15) is 11.2 Å². The van der Waals surface area contributed by atoms with Gasteiger partial charge in [0, 0.05) is 21.9 Å². The molecule has 0 unspecified atom stereocenters. The summed E-state index contributed by atoms with van der Waals surface area (Å²) in [4.78, 5) is 15.3. The maximum atomic E-state index is 10.4. The number of nitriles is 1. The fraction of sp³-hybridized carbons (Fsp3) is 0.208. The van der Waals surface area contributed by atoms with Crippen molar-refractivity contribution in [1.82, 2.24) is 15.0 Å². The van der Waals surface area contributed by atoms with Gasteiger partial charge in [-0.25, -0.2) is 15.0 Å². The molecule has 0 aliphatic heterocycles. The molecule has 0 saturated heterocycles. The lowest BCUT2D eigenvalue weighted by Crippen LogP contribution is -2.48. The SMILES string of the molecule is N#Cc1cc(-c2nc(-c3ccccc3)nc(-c3cccc4c3oc3ccccc34)n2)c2cccc(-c3ccc(C45C[C@H]6C[C@H](C4)C[C@@H](C5)C6)cc3)c2c1. The molecule has 0 amide bonds. The minimum atomic E-state index is 0.354. The third-order valence-electron chi connectivity index (χ3n) is 12.5. The number of rotatable bonds is 5. The Labute approximate surface area is 308 Å². The number of para-hydroxylation sites is 2. The zero-order valence-corrected chi connectivity index (χ0v) is 29.3. The number of hydrogen-bond acceptors (Lipinski definition) is 5. The van der Waals surface area contributed by atoms with E-state index in [2.05, 4.69) is 60.7 Å². The van der Waals surface area contributed by atoms with Crippen molar-refractivity contribution >= 4 is 32.7 Å². The predicted octanol–water partition coefficient (Wildman–Crippen LogP) is 11.9. The summed E-state index contributed by atoms with van der Waals surface area (Å²) < 4.78 is 6.43. The van der Waals surface area contributed by atoms with Crippen LogP contribution < -0.4 is 0 Å². The summed E-state index contributed by atoms with van der Waals surface area (Å²) in [6.45, 7) is 0. The van der Waals surface area contributed by atoms with Crippen molar-refractivity contribution in [3.05, 3.63) is 139 Å². The molecule has 4 fully saturated rings. The average Bonchev–Trinajstić information content (AvgIpc) is 3.59. The summed E-state index contributed by atoms with van der Waals surface area (Å²) in [7, 11) is 0. The first kappa shape index (κ1) is 30.5. The minimum absolute atomic E-state index is 0.354. The van der Waals surface area contributed by atoms with Crippen LogP contribution >= 0.6 is 0 Å². The van der Waals surface area contributed by atoms with Gasteiger partial charge in [0.15, 0.2) is 17.5 Å². The van der Waals surface area contributed by atoms with Crippen LogP contribution in [0.1, 0.15) is 49.7 Å². The van der Waals surface area contributed by atoms with Gasteiger partial charge < -0.3 is 4.42 Å². The largest absolute Gasteiger partial charge is 0.455 e. The Balaban J connectivity index is 1.07. The number of benzene rings is 6. The van der Waals surface area contributed by atoms with Gasteiger partial charge in [-0.1, -0.05) is 103 Å². The maximum Gasteiger partial charge on any atom is 0.167 e. The molecule has 0 radical (unpaired) electrons. The lowest BCUT2D eigenvalue weighted by Gasteiger charge is -2.57. The number of hydrogen-bond donors (Lipinski definition) is 0. The van der Waals surface area contributed by atoms with Crippen LogP contribution in [0.3, 0.4) is 0 Å². The Bertz CT molecular complexity index is 2740. The van der Waals surface area contributed by atoms with Gasteiger partial charge in [0.05, 0.1) is 17.2 Å². The first-order valence-corrected chi connectivity index (χ1v) is 18.9. The Morgan fingerprint density at radius 2 is 1.15 bits per heavy atom. The van der Waals surface area contributed by atoms with Crippen molar-refractivity contribution in [3.8, 4) is 51.4 Å². The quantitative estimate of drug-likeness (QED) is 0.180. The molecule has 4 aliphatic rings. The third-order valence-corrected chi connectivity index (χ3v) is 12.5. The molecule has 53 heavy (non-hydrogen) atoms. The van der Waals surface area contributed by atoms with Gasteiger partial charge in [0.25, 0.3) is 0 Å². The highest BCUT2D eigenvalue weighted by atomic mass is 16.3. The Morgan fingerprint density at radius 1 is 0.528 bits per heavy atom. The molecule has 2 aromatic heterocycles. The van der Waals surface area contributed by atoms with E-state index >= 15 is 0 Å².